The summed E-state index contributed by atoms with van der Waals surface area (Å²) in [4.78, 5) is 39.8. The van der Waals surface area contributed by atoms with Crippen molar-refractivity contribution in [2.75, 3.05) is 55.1 Å². The van der Waals surface area contributed by atoms with Crippen LogP contribution in [0.15, 0.2) is 16.6 Å². The van der Waals surface area contributed by atoms with Crippen molar-refractivity contribution < 1.29 is 18.9 Å². The van der Waals surface area contributed by atoms with Crippen molar-refractivity contribution in [2.45, 2.75) is 63.4 Å². The standard InChI is InChI=1S/C29H36ClN9O4S2/c1-28(2,3)43-27(41)34-24-17(12-31)18(14-44-24)29(4)15-38(16-29)21-11-20(32-26(33-21)45(7)42)37-9-8-10-39-19(13-37)22(30)23(35-39)25(40)36(5)6/h11,14H,8-10,13,15-16H2,1-7H3,(H,34,41). The molecule has 0 aromatic carbocycles. The van der Waals surface area contributed by atoms with E-state index in [0.717, 1.165) is 12.0 Å². The van der Waals surface area contributed by atoms with E-state index in [4.69, 9.17) is 16.3 Å². The summed E-state index contributed by atoms with van der Waals surface area (Å²) >= 11 is 6.52. The summed E-state index contributed by atoms with van der Waals surface area (Å²) in [6.45, 7) is 10.1. The van der Waals surface area contributed by atoms with Crippen molar-refractivity contribution >= 4 is 62.8 Å². The SMILES string of the molecule is CN(C)C(=O)c1nn2c(c1Cl)CN(c1cc(N3CC(C)(c4csc(NC(=O)OC(C)(C)C)c4C#N)C3)nc([S+](C)[O-])n1)CCC2. The van der Waals surface area contributed by atoms with Crippen molar-refractivity contribution in [1.29, 1.82) is 5.26 Å². The number of carbonyl (C=O) groups is 2. The molecule has 1 atom stereocenters. The maximum absolute atomic E-state index is 12.6. The fraction of sp³-hybridized carbons (Fsp3) is 0.517. The van der Waals surface area contributed by atoms with Gasteiger partial charge in [-0.1, -0.05) is 18.5 Å². The minimum Gasteiger partial charge on any atom is -0.609 e. The number of nitrogens with one attached hydrogen (secondary N) is 1. The van der Waals surface area contributed by atoms with E-state index in [1.807, 2.05) is 16.3 Å². The first-order valence-corrected chi connectivity index (χ1v) is 17.1. The van der Waals surface area contributed by atoms with E-state index >= 15 is 0 Å². The number of anilines is 3. The molecule has 1 unspecified atom stereocenters. The first-order chi connectivity index (χ1) is 21.1. The number of rotatable bonds is 6. The number of fused-ring (bicyclic) bond motifs is 1. The van der Waals surface area contributed by atoms with E-state index in [0.29, 0.717) is 65.6 Å². The monoisotopic (exact) mass is 673 g/mol. The Morgan fingerprint density at radius 3 is 2.49 bits per heavy atom. The lowest BCUT2D eigenvalue weighted by Gasteiger charge is -2.49. The van der Waals surface area contributed by atoms with Gasteiger partial charge in [-0.25, -0.2) is 4.79 Å². The van der Waals surface area contributed by atoms with Gasteiger partial charge < -0.3 is 24.0 Å². The summed E-state index contributed by atoms with van der Waals surface area (Å²) in [5.74, 6) is 0.955. The molecule has 0 radical (unpaired) electrons. The van der Waals surface area contributed by atoms with Crippen LogP contribution in [0, 0.1) is 11.3 Å². The second kappa shape index (κ2) is 12.3. The number of hydrogen-bond donors (Lipinski definition) is 1. The highest BCUT2D eigenvalue weighted by Crippen LogP contribution is 2.43. The van der Waals surface area contributed by atoms with Crippen LogP contribution in [-0.4, -0.2) is 86.8 Å². The average molecular weight is 674 g/mol. The van der Waals surface area contributed by atoms with Crippen LogP contribution >= 0.6 is 22.9 Å². The molecule has 240 valence electrons. The highest BCUT2D eigenvalue weighted by atomic mass is 35.5. The molecule has 5 heterocycles. The lowest BCUT2D eigenvalue weighted by molar-refractivity contribution is 0.0636. The Kier molecular flexibility index (Phi) is 8.98. The third-order valence-corrected chi connectivity index (χ3v) is 9.56. The van der Waals surface area contributed by atoms with Crippen LogP contribution in [0.1, 0.15) is 61.4 Å². The first-order valence-electron chi connectivity index (χ1n) is 14.3. The fourth-order valence-corrected chi connectivity index (χ4v) is 7.18. The van der Waals surface area contributed by atoms with E-state index in [1.165, 1.54) is 16.2 Å². The number of amides is 2. The van der Waals surface area contributed by atoms with Crippen LogP contribution in [0.2, 0.25) is 5.02 Å². The molecule has 45 heavy (non-hydrogen) atoms. The van der Waals surface area contributed by atoms with Crippen molar-refractivity contribution in [2.24, 2.45) is 0 Å². The van der Waals surface area contributed by atoms with Gasteiger partial charge in [0.25, 0.3) is 5.91 Å². The third kappa shape index (κ3) is 6.69. The van der Waals surface area contributed by atoms with Gasteiger partial charge in [-0.05, 0) is 38.1 Å². The van der Waals surface area contributed by atoms with Crippen LogP contribution in [0.5, 0.6) is 0 Å². The molecule has 0 spiro atoms. The highest BCUT2D eigenvalue weighted by Gasteiger charge is 2.44. The minimum absolute atomic E-state index is 0.209. The normalized spacial score (nSPS) is 16.6. The lowest BCUT2D eigenvalue weighted by atomic mass is 9.75. The Bertz CT molecular complexity index is 1670. The Balaban J connectivity index is 1.38. The van der Waals surface area contributed by atoms with E-state index in [1.54, 1.807) is 45.8 Å². The van der Waals surface area contributed by atoms with Crippen LogP contribution in [0.3, 0.4) is 0 Å². The number of ether oxygens (including phenoxy) is 1. The van der Waals surface area contributed by atoms with Gasteiger partial charge in [0.2, 0.25) is 0 Å². The molecule has 3 aromatic rings. The zero-order valence-corrected chi connectivity index (χ0v) is 28.7. The van der Waals surface area contributed by atoms with Gasteiger partial charge in [0.15, 0.2) is 5.69 Å². The predicted molar refractivity (Wildman–Crippen MR) is 174 cm³/mol. The molecule has 3 aromatic heterocycles. The summed E-state index contributed by atoms with van der Waals surface area (Å²) < 4.78 is 19.8. The van der Waals surface area contributed by atoms with Crippen LogP contribution < -0.4 is 15.1 Å². The smallest absolute Gasteiger partial charge is 0.412 e. The molecule has 0 aliphatic carbocycles. The maximum atomic E-state index is 12.6. The number of nitriles is 1. The topological polar surface area (TPSA) is 156 Å². The van der Waals surface area contributed by atoms with Gasteiger partial charge in [-0.3, -0.25) is 14.8 Å². The quantitative estimate of drug-likeness (QED) is 0.297. The zero-order valence-electron chi connectivity index (χ0n) is 26.3. The number of hydrogen-bond acceptors (Lipinski definition) is 11. The Morgan fingerprint density at radius 2 is 1.89 bits per heavy atom. The summed E-state index contributed by atoms with van der Waals surface area (Å²) in [7, 11) is 3.31. The number of aromatic nitrogens is 4. The molecule has 1 saturated heterocycles. The van der Waals surface area contributed by atoms with E-state index < -0.39 is 22.9 Å². The molecule has 2 aliphatic heterocycles. The summed E-state index contributed by atoms with van der Waals surface area (Å²) in [5, 5.41) is 20.1. The molecule has 2 amide bonds. The van der Waals surface area contributed by atoms with Crippen molar-refractivity contribution in [3.8, 4) is 6.07 Å². The van der Waals surface area contributed by atoms with Gasteiger partial charge in [0.1, 0.15) is 34.6 Å². The fourth-order valence-electron chi connectivity index (χ4n) is 5.41. The molecular formula is C29H36ClN9O4S2. The highest BCUT2D eigenvalue weighted by molar-refractivity contribution is 7.90. The summed E-state index contributed by atoms with van der Waals surface area (Å²) in [5.41, 5.74) is 1.13. The van der Waals surface area contributed by atoms with Gasteiger partial charge in [-0.15, -0.1) is 11.3 Å². The van der Waals surface area contributed by atoms with E-state index in [9.17, 15) is 19.4 Å². The van der Waals surface area contributed by atoms with Gasteiger partial charge in [0, 0.05) is 62.9 Å². The number of halogens is 1. The third-order valence-electron chi connectivity index (χ3n) is 7.57. The largest absolute Gasteiger partial charge is 0.609 e. The Morgan fingerprint density at radius 1 is 1.22 bits per heavy atom. The van der Waals surface area contributed by atoms with Crippen molar-refractivity contribution in [3.05, 3.63) is 39.0 Å². The maximum Gasteiger partial charge on any atom is 0.412 e. The van der Waals surface area contributed by atoms with Gasteiger partial charge >= 0.3 is 11.2 Å². The second-order valence-electron chi connectivity index (χ2n) is 12.6. The second-order valence-corrected chi connectivity index (χ2v) is 15.2. The molecular weight excluding hydrogens is 638 g/mol. The van der Waals surface area contributed by atoms with Crippen LogP contribution in [-0.2, 0) is 34.4 Å². The summed E-state index contributed by atoms with van der Waals surface area (Å²) in [6, 6.07) is 4.13. The predicted octanol–water partition coefficient (Wildman–Crippen LogP) is 4.23. The number of thiophene rings is 1. The lowest BCUT2D eigenvalue weighted by Crippen LogP contribution is -2.58. The minimum atomic E-state index is -1.44. The van der Waals surface area contributed by atoms with E-state index in [-0.39, 0.29) is 22.2 Å². The number of aryl methyl sites for hydroxylation is 1. The zero-order chi connectivity index (χ0) is 32.8. The van der Waals surface area contributed by atoms with Gasteiger partial charge in [-0.2, -0.15) is 20.3 Å². The van der Waals surface area contributed by atoms with E-state index in [2.05, 4.69) is 38.3 Å². The molecule has 1 fully saturated rings. The number of carbonyl (C=O) groups excluding carboxylic acids is 2. The molecule has 2 aliphatic rings. The van der Waals surface area contributed by atoms with Gasteiger partial charge in [0.05, 0.1) is 22.8 Å². The van der Waals surface area contributed by atoms with Crippen molar-refractivity contribution in [3.63, 3.8) is 0 Å². The first kappa shape index (κ1) is 32.8. The van der Waals surface area contributed by atoms with Crippen LogP contribution in [0.4, 0.5) is 21.4 Å². The Hall–Kier alpha value is -3.58. The molecule has 16 heteroatoms. The Labute approximate surface area is 274 Å². The molecule has 1 N–H and O–H groups in total. The molecule has 0 saturated carbocycles. The molecule has 5 rings (SSSR count). The number of nitrogens with zero attached hydrogens (tertiary/aromatic N) is 8. The molecule has 0 bridgehead atoms. The van der Waals surface area contributed by atoms with Crippen molar-refractivity contribution in [1.82, 2.24) is 24.6 Å². The molecule has 13 nitrogen and oxygen atoms in total. The summed E-state index contributed by atoms with van der Waals surface area (Å²) in [6.07, 6.45) is 1.67. The van der Waals surface area contributed by atoms with Crippen LogP contribution in [0.25, 0.3) is 0 Å². The average Bonchev–Trinajstić information content (AvgIpc) is 3.40.